The molecule has 1 heterocycles. The number of carbonyl (C=O) groups is 1. The van der Waals surface area contributed by atoms with Gasteiger partial charge in [0.15, 0.2) is 16.3 Å². The van der Waals surface area contributed by atoms with Crippen molar-refractivity contribution < 1.29 is 14.3 Å². The van der Waals surface area contributed by atoms with E-state index in [1.807, 2.05) is 18.2 Å². The Morgan fingerprint density at radius 3 is 2.62 bits per heavy atom. The van der Waals surface area contributed by atoms with Gasteiger partial charge in [0, 0.05) is 17.1 Å². The number of benzene rings is 3. The molecule has 0 fully saturated rings. The van der Waals surface area contributed by atoms with Crippen molar-refractivity contribution in [2.45, 2.75) is 6.42 Å². The van der Waals surface area contributed by atoms with Gasteiger partial charge in [-0.3, -0.25) is 14.2 Å². The third-order valence-electron chi connectivity index (χ3n) is 5.37. The van der Waals surface area contributed by atoms with E-state index in [4.69, 9.17) is 33.3 Å². The Morgan fingerprint density at radius 1 is 1.06 bits per heavy atom. The van der Waals surface area contributed by atoms with Crippen LogP contribution >= 0.6 is 23.8 Å². The first-order valence-corrected chi connectivity index (χ1v) is 11.2. The van der Waals surface area contributed by atoms with Gasteiger partial charge in [-0.25, -0.2) is 0 Å². The molecule has 0 spiro atoms. The predicted octanol–water partition coefficient (Wildman–Crippen LogP) is 4.69. The first-order chi connectivity index (χ1) is 16.4. The van der Waals surface area contributed by atoms with Crippen molar-refractivity contribution in [2.24, 2.45) is 0 Å². The number of methoxy groups -OCH3 is 2. The molecule has 0 aliphatic rings. The lowest BCUT2D eigenvalue weighted by Crippen LogP contribution is -2.26. The Labute approximate surface area is 205 Å². The SMILES string of the molecule is COc1ccc(CCNC(=O)c2cccc(-n3c(=S)[nH]c4cc(Cl)ccc4c3=O)c2)cc1OC. The Hall–Kier alpha value is -3.62. The van der Waals surface area contributed by atoms with Crippen molar-refractivity contribution in [2.75, 3.05) is 20.8 Å². The van der Waals surface area contributed by atoms with E-state index in [2.05, 4.69) is 10.3 Å². The van der Waals surface area contributed by atoms with Crippen LogP contribution < -0.4 is 20.3 Å². The number of rotatable bonds is 7. The number of hydrogen-bond acceptors (Lipinski definition) is 5. The number of aromatic amines is 1. The molecule has 0 saturated heterocycles. The van der Waals surface area contributed by atoms with Crippen molar-refractivity contribution in [3.63, 3.8) is 0 Å². The molecule has 3 aromatic carbocycles. The van der Waals surface area contributed by atoms with E-state index in [0.29, 0.717) is 51.6 Å². The number of aromatic nitrogens is 2. The normalized spacial score (nSPS) is 10.8. The maximum absolute atomic E-state index is 13.1. The van der Waals surface area contributed by atoms with Gasteiger partial charge < -0.3 is 19.8 Å². The molecule has 4 rings (SSSR count). The number of amides is 1. The predicted molar refractivity (Wildman–Crippen MR) is 135 cm³/mol. The van der Waals surface area contributed by atoms with E-state index >= 15 is 0 Å². The molecule has 1 aromatic heterocycles. The third kappa shape index (κ3) is 4.83. The molecule has 0 radical (unpaired) electrons. The average Bonchev–Trinajstić information content (AvgIpc) is 2.83. The molecule has 0 aliphatic carbocycles. The summed E-state index contributed by atoms with van der Waals surface area (Å²) in [5.41, 5.74) is 2.18. The fourth-order valence-corrected chi connectivity index (χ4v) is 4.14. The lowest BCUT2D eigenvalue weighted by molar-refractivity contribution is 0.0954. The molecule has 4 aromatic rings. The van der Waals surface area contributed by atoms with Crippen LogP contribution in [0, 0.1) is 4.77 Å². The van der Waals surface area contributed by atoms with Gasteiger partial charge in [-0.1, -0.05) is 23.7 Å². The molecule has 34 heavy (non-hydrogen) atoms. The minimum absolute atomic E-state index is 0.214. The van der Waals surface area contributed by atoms with Crippen LogP contribution in [-0.4, -0.2) is 36.2 Å². The summed E-state index contributed by atoms with van der Waals surface area (Å²) >= 11 is 11.4. The second kappa shape index (κ2) is 10.1. The molecule has 2 N–H and O–H groups in total. The number of fused-ring (bicyclic) bond motifs is 1. The summed E-state index contributed by atoms with van der Waals surface area (Å²) in [6.45, 7) is 0.426. The summed E-state index contributed by atoms with van der Waals surface area (Å²) in [4.78, 5) is 28.9. The van der Waals surface area contributed by atoms with Gasteiger partial charge in [0.1, 0.15) is 0 Å². The van der Waals surface area contributed by atoms with Crippen molar-refractivity contribution >= 4 is 40.6 Å². The smallest absolute Gasteiger partial charge is 0.266 e. The van der Waals surface area contributed by atoms with Gasteiger partial charge in [-0.05, 0) is 72.7 Å². The summed E-state index contributed by atoms with van der Waals surface area (Å²) < 4.78 is 12.2. The molecule has 0 saturated carbocycles. The maximum Gasteiger partial charge on any atom is 0.266 e. The molecule has 174 valence electrons. The molecular weight excluding hydrogens is 474 g/mol. The van der Waals surface area contributed by atoms with Crippen LogP contribution in [0.2, 0.25) is 5.02 Å². The summed E-state index contributed by atoms with van der Waals surface area (Å²) in [6, 6.07) is 17.4. The van der Waals surface area contributed by atoms with E-state index in [0.717, 1.165) is 5.56 Å². The second-order valence-electron chi connectivity index (χ2n) is 7.51. The van der Waals surface area contributed by atoms with E-state index in [1.165, 1.54) is 4.57 Å². The van der Waals surface area contributed by atoms with E-state index in [9.17, 15) is 9.59 Å². The van der Waals surface area contributed by atoms with Gasteiger partial charge in [0.25, 0.3) is 11.5 Å². The quantitative estimate of drug-likeness (QED) is 0.363. The molecule has 0 aliphatic heterocycles. The summed E-state index contributed by atoms with van der Waals surface area (Å²) in [5, 5.41) is 3.86. The average molecular weight is 496 g/mol. The van der Waals surface area contributed by atoms with Crippen LogP contribution in [0.3, 0.4) is 0 Å². The van der Waals surface area contributed by atoms with Gasteiger partial charge in [0.2, 0.25) is 0 Å². The zero-order valence-corrected chi connectivity index (χ0v) is 20.1. The topological polar surface area (TPSA) is 85.4 Å². The van der Waals surface area contributed by atoms with Crippen molar-refractivity contribution in [1.82, 2.24) is 14.9 Å². The first kappa shape index (κ1) is 23.5. The number of carbonyl (C=O) groups excluding carboxylic acids is 1. The molecular formula is C25H22ClN3O4S. The van der Waals surface area contributed by atoms with Crippen LogP contribution in [0.5, 0.6) is 11.5 Å². The summed E-state index contributed by atoms with van der Waals surface area (Å²) in [6.07, 6.45) is 0.615. The number of nitrogens with zero attached hydrogens (tertiary/aromatic N) is 1. The fraction of sp³-hybridized carbons (Fsp3) is 0.160. The second-order valence-corrected chi connectivity index (χ2v) is 8.33. The third-order valence-corrected chi connectivity index (χ3v) is 5.89. The first-order valence-electron chi connectivity index (χ1n) is 10.5. The lowest BCUT2D eigenvalue weighted by Gasteiger charge is -2.11. The fourth-order valence-electron chi connectivity index (χ4n) is 3.67. The van der Waals surface area contributed by atoms with E-state index in [-0.39, 0.29) is 16.2 Å². The monoisotopic (exact) mass is 495 g/mol. The standard InChI is InChI=1S/C25H22ClN3O4S/c1-32-21-9-6-15(12-22(21)33-2)10-11-27-23(30)16-4-3-5-18(13-16)29-24(31)19-8-7-17(26)14-20(19)28-25(29)34/h3-9,12-14H,10-11H2,1-2H3,(H,27,30)(H,28,34). The highest BCUT2D eigenvalue weighted by atomic mass is 35.5. The van der Waals surface area contributed by atoms with Gasteiger partial charge in [-0.15, -0.1) is 0 Å². The zero-order valence-electron chi connectivity index (χ0n) is 18.6. The van der Waals surface area contributed by atoms with Gasteiger partial charge in [0.05, 0.1) is 30.8 Å². The highest BCUT2D eigenvalue weighted by Gasteiger charge is 2.12. The summed E-state index contributed by atoms with van der Waals surface area (Å²) in [7, 11) is 3.17. The summed E-state index contributed by atoms with van der Waals surface area (Å²) in [5.74, 6) is 1.04. The van der Waals surface area contributed by atoms with Crippen LogP contribution in [0.4, 0.5) is 0 Å². The Morgan fingerprint density at radius 2 is 1.85 bits per heavy atom. The largest absolute Gasteiger partial charge is 0.493 e. The number of halogens is 1. The Kier molecular flexibility index (Phi) is 7.00. The number of hydrogen-bond donors (Lipinski definition) is 2. The highest BCUT2D eigenvalue weighted by Crippen LogP contribution is 2.27. The van der Waals surface area contributed by atoms with E-state index < -0.39 is 0 Å². The van der Waals surface area contributed by atoms with Gasteiger partial charge in [-0.2, -0.15) is 0 Å². The minimum atomic E-state index is -0.290. The molecule has 0 bridgehead atoms. The van der Waals surface area contributed by atoms with Crippen LogP contribution in [-0.2, 0) is 6.42 Å². The van der Waals surface area contributed by atoms with Crippen molar-refractivity contribution in [1.29, 1.82) is 0 Å². The molecule has 7 nitrogen and oxygen atoms in total. The maximum atomic E-state index is 13.1. The number of ether oxygens (including phenoxy) is 2. The number of H-pyrrole nitrogens is 1. The van der Waals surface area contributed by atoms with Gasteiger partial charge >= 0.3 is 0 Å². The molecule has 9 heteroatoms. The van der Waals surface area contributed by atoms with Crippen LogP contribution in [0.15, 0.2) is 65.5 Å². The Balaban J connectivity index is 1.53. The van der Waals surface area contributed by atoms with Crippen molar-refractivity contribution in [3.05, 3.63) is 91.9 Å². The van der Waals surface area contributed by atoms with Crippen LogP contribution in [0.25, 0.3) is 16.6 Å². The van der Waals surface area contributed by atoms with Crippen LogP contribution in [0.1, 0.15) is 15.9 Å². The van der Waals surface area contributed by atoms with Crippen molar-refractivity contribution in [3.8, 4) is 17.2 Å². The zero-order chi connectivity index (χ0) is 24.2. The lowest BCUT2D eigenvalue weighted by atomic mass is 10.1. The highest BCUT2D eigenvalue weighted by molar-refractivity contribution is 7.71. The molecule has 0 atom stereocenters. The number of nitrogens with one attached hydrogen (secondary N) is 2. The molecule has 0 unspecified atom stereocenters. The van der Waals surface area contributed by atoms with E-state index in [1.54, 1.807) is 56.7 Å². The Bertz CT molecular complexity index is 1500. The molecule has 1 amide bonds. The minimum Gasteiger partial charge on any atom is -0.493 e.